The summed E-state index contributed by atoms with van der Waals surface area (Å²) >= 11 is 0. The molecular weight excluding hydrogens is 438 g/mol. The highest BCUT2D eigenvalue weighted by Gasteiger charge is 2.27. The molecule has 1 unspecified atom stereocenters. The van der Waals surface area contributed by atoms with E-state index in [1.54, 1.807) is 14.2 Å². The van der Waals surface area contributed by atoms with Gasteiger partial charge >= 0.3 is 5.97 Å². The predicted octanol–water partition coefficient (Wildman–Crippen LogP) is 6.22. The third-order valence-electron chi connectivity index (χ3n) is 6.38. The van der Waals surface area contributed by atoms with Gasteiger partial charge in [-0.2, -0.15) is 0 Å². The number of nitrogens with zero attached hydrogens (tertiary/aromatic N) is 1. The lowest BCUT2D eigenvalue weighted by Gasteiger charge is -2.37. The molecule has 0 aliphatic rings. The fourth-order valence-electron chi connectivity index (χ4n) is 4.47. The SMILES string of the molecule is CCOC(=O)C[C@H](CCc1ccc(OC)c(OC)c1)N(Cc1ccccc1)C(C)c1ccccc1. The van der Waals surface area contributed by atoms with Gasteiger partial charge in [0.05, 0.1) is 27.2 Å². The molecule has 0 N–H and O–H groups in total. The molecule has 0 heterocycles. The van der Waals surface area contributed by atoms with Crippen molar-refractivity contribution in [3.63, 3.8) is 0 Å². The van der Waals surface area contributed by atoms with Gasteiger partial charge in [0.25, 0.3) is 0 Å². The predicted molar refractivity (Wildman–Crippen MR) is 140 cm³/mol. The van der Waals surface area contributed by atoms with Crippen LogP contribution in [-0.2, 0) is 22.5 Å². The van der Waals surface area contributed by atoms with E-state index in [0.717, 1.165) is 24.9 Å². The molecule has 0 fully saturated rings. The van der Waals surface area contributed by atoms with Crippen molar-refractivity contribution in [2.24, 2.45) is 0 Å². The summed E-state index contributed by atoms with van der Waals surface area (Å²) in [6.07, 6.45) is 1.95. The first-order chi connectivity index (χ1) is 17.0. The number of esters is 1. The molecule has 0 aromatic heterocycles. The van der Waals surface area contributed by atoms with Crippen molar-refractivity contribution in [3.05, 3.63) is 95.6 Å². The van der Waals surface area contributed by atoms with E-state index >= 15 is 0 Å². The van der Waals surface area contributed by atoms with Crippen LogP contribution in [0.3, 0.4) is 0 Å². The van der Waals surface area contributed by atoms with E-state index < -0.39 is 0 Å². The fourth-order valence-corrected chi connectivity index (χ4v) is 4.47. The summed E-state index contributed by atoms with van der Waals surface area (Å²) in [6, 6.07) is 27.0. The van der Waals surface area contributed by atoms with Crippen LogP contribution in [0.1, 0.15) is 49.4 Å². The number of carbonyl (C=O) groups is 1. The van der Waals surface area contributed by atoms with Gasteiger partial charge in [-0.15, -0.1) is 0 Å². The topological polar surface area (TPSA) is 48.0 Å². The molecule has 5 nitrogen and oxygen atoms in total. The van der Waals surface area contributed by atoms with Crippen molar-refractivity contribution < 1.29 is 19.0 Å². The fraction of sp³-hybridized carbons (Fsp3) is 0.367. The largest absolute Gasteiger partial charge is 0.493 e. The number of methoxy groups -OCH3 is 2. The Hall–Kier alpha value is -3.31. The molecule has 5 heteroatoms. The van der Waals surface area contributed by atoms with Crippen LogP contribution in [0.2, 0.25) is 0 Å². The standard InChI is InChI=1S/C30H37NO4/c1-5-35-30(32)21-27(18-16-24-17-19-28(33-3)29(20-24)34-4)31(22-25-12-8-6-9-13-25)23(2)26-14-10-7-11-15-26/h6-15,17,19-20,23,27H,5,16,18,21-22H2,1-4H3/t23?,27-/m0/s1. The minimum absolute atomic E-state index is 0.00226. The Balaban J connectivity index is 1.90. The number of ether oxygens (including phenoxy) is 3. The quantitative estimate of drug-likeness (QED) is 0.275. The van der Waals surface area contributed by atoms with Crippen molar-refractivity contribution in [3.8, 4) is 11.5 Å². The molecule has 0 saturated carbocycles. The summed E-state index contributed by atoms with van der Waals surface area (Å²) in [6.45, 7) is 5.19. The van der Waals surface area contributed by atoms with Crippen molar-refractivity contribution >= 4 is 5.97 Å². The van der Waals surface area contributed by atoms with Crippen LogP contribution in [0.25, 0.3) is 0 Å². The monoisotopic (exact) mass is 475 g/mol. The van der Waals surface area contributed by atoms with Crippen LogP contribution in [-0.4, -0.2) is 37.7 Å². The highest BCUT2D eigenvalue weighted by atomic mass is 16.5. The molecule has 0 amide bonds. The number of benzene rings is 3. The lowest BCUT2D eigenvalue weighted by molar-refractivity contribution is -0.145. The van der Waals surface area contributed by atoms with Gasteiger partial charge in [-0.25, -0.2) is 0 Å². The van der Waals surface area contributed by atoms with E-state index in [2.05, 4.69) is 66.4 Å². The molecular formula is C30H37NO4. The molecule has 35 heavy (non-hydrogen) atoms. The Morgan fingerprint density at radius 2 is 1.51 bits per heavy atom. The van der Waals surface area contributed by atoms with Crippen molar-refractivity contribution in [2.45, 2.75) is 51.7 Å². The average Bonchev–Trinajstić information content (AvgIpc) is 2.90. The second-order valence-corrected chi connectivity index (χ2v) is 8.64. The molecule has 0 aliphatic heterocycles. The minimum atomic E-state index is -0.164. The maximum Gasteiger partial charge on any atom is 0.307 e. The lowest BCUT2D eigenvalue weighted by atomic mass is 9.97. The van der Waals surface area contributed by atoms with Crippen LogP contribution < -0.4 is 9.47 Å². The summed E-state index contributed by atoms with van der Waals surface area (Å²) < 4.78 is 16.3. The smallest absolute Gasteiger partial charge is 0.307 e. The maximum atomic E-state index is 12.7. The van der Waals surface area contributed by atoms with E-state index in [-0.39, 0.29) is 18.1 Å². The Kier molecular flexibility index (Phi) is 10.2. The van der Waals surface area contributed by atoms with Crippen LogP contribution in [0.15, 0.2) is 78.9 Å². The van der Waals surface area contributed by atoms with Gasteiger partial charge in [0, 0.05) is 18.6 Å². The van der Waals surface area contributed by atoms with Gasteiger partial charge in [-0.1, -0.05) is 66.7 Å². The second kappa shape index (κ2) is 13.5. The first kappa shape index (κ1) is 26.3. The molecule has 0 radical (unpaired) electrons. The first-order valence-electron chi connectivity index (χ1n) is 12.3. The summed E-state index contributed by atoms with van der Waals surface area (Å²) in [4.78, 5) is 15.1. The molecule has 186 valence electrons. The summed E-state index contributed by atoms with van der Waals surface area (Å²) in [5.41, 5.74) is 3.59. The zero-order valence-electron chi connectivity index (χ0n) is 21.3. The van der Waals surface area contributed by atoms with E-state index in [0.29, 0.717) is 24.5 Å². The number of hydrogen-bond acceptors (Lipinski definition) is 5. The lowest BCUT2D eigenvalue weighted by Crippen LogP contribution is -2.39. The van der Waals surface area contributed by atoms with Crippen LogP contribution in [0, 0.1) is 0 Å². The molecule has 3 aromatic carbocycles. The van der Waals surface area contributed by atoms with Crippen LogP contribution >= 0.6 is 0 Å². The maximum absolute atomic E-state index is 12.7. The van der Waals surface area contributed by atoms with E-state index in [9.17, 15) is 4.79 Å². The third kappa shape index (κ3) is 7.59. The van der Waals surface area contributed by atoms with Gasteiger partial charge in [-0.3, -0.25) is 9.69 Å². The summed E-state index contributed by atoms with van der Waals surface area (Å²) in [5, 5.41) is 0. The zero-order valence-corrected chi connectivity index (χ0v) is 21.3. The molecule has 2 atom stereocenters. The first-order valence-corrected chi connectivity index (χ1v) is 12.3. The highest BCUT2D eigenvalue weighted by molar-refractivity contribution is 5.70. The van der Waals surface area contributed by atoms with Crippen LogP contribution in [0.4, 0.5) is 0 Å². The van der Waals surface area contributed by atoms with Gasteiger partial charge in [0.1, 0.15) is 0 Å². The minimum Gasteiger partial charge on any atom is -0.493 e. The number of carbonyl (C=O) groups excluding carboxylic acids is 1. The molecule has 3 aromatic rings. The average molecular weight is 476 g/mol. The molecule has 3 rings (SSSR count). The van der Waals surface area contributed by atoms with Crippen molar-refractivity contribution in [1.82, 2.24) is 4.90 Å². The molecule has 0 spiro atoms. The Labute approximate surface area is 209 Å². The summed E-state index contributed by atoms with van der Waals surface area (Å²) in [5.74, 6) is 1.26. The molecule has 0 aliphatic carbocycles. The zero-order chi connectivity index (χ0) is 25.0. The normalized spacial score (nSPS) is 12.7. The number of hydrogen-bond donors (Lipinski definition) is 0. The van der Waals surface area contributed by atoms with Crippen molar-refractivity contribution in [1.29, 1.82) is 0 Å². The Bertz CT molecular complexity index is 1040. The number of aryl methyl sites for hydroxylation is 1. The Morgan fingerprint density at radius 1 is 0.857 bits per heavy atom. The third-order valence-corrected chi connectivity index (χ3v) is 6.38. The van der Waals surface area contributed by atoms with Gasteiger partial charge in [0.2, 0.25) is 0 Å². The molecule has 0 bridgehead atoms. The van der Waals surface area contributed by atoms with Gasteiger partial charge in [-0.05, 0) is 55.5 Å². The van der Waals surface area contributed by atoms with Crippen molar-refractivity contribution in [2.75, 3.05) is 20.8 Å². The Morgan fingerprint density at radius 3 is 2.14 bits per heavy atom. The van der Waals surface area contributed by atoms with E-state index in [4.69, 9.17) is 14.2 Å². The van der Waals surface area contributed by atoms with Gasteiger partial charge in [0.15, 0.2) is 11.5 Å². The van der Waals surface area contributed by atoms with Gasteiger partial charge < -0.3 is 14.2 Å². The second-order valence-electron chi connectivity index (χ2n) is 8.64. The van der Waals surface area contributed by atoms with E-state index in [1.165, 1.54) is 11.1 Å². The number of rotatable bonds is 13. The molecule has 0 saturated heterocycles. The van der Waals surface area contributed by atoms with Crippen LogP contribution in [0.5, 0.6) is 11.5 Å². The highest BCUT2D eigenvalue weighted by Crippen LogP contribution is 2.31. The van der Waals surface area contributed by atoms with E-state index in [1.807, 2.05) is 31.2 Å². The summed E-state index contributed by atoms with van der Waals surface area (Å²) in [7, 11) is 3.29.